The van der Waals surface area contributed by atoms with E-state index in [-0.39, 0.29) is 18.4 Å². The highest BCUT2D eigenvalue weighted by molar-refractivity contribution is 9.10. The van der Waals surface area contributed by atoms with Gasteiger partial charge in [-0.1, -0.05) is 54.0 Å². The molecule has 0 aromatic heterocycles. The number of halogens is 1. The van der Waals surface area contributed by atoms with Crippen molar-refractivity contribution >= 4 is 33.4 Å². The third-order valence-electron chi connectivity index (χ3n) is 3.35. The second kappa shape index (κ2) is 7.92. The first-order valence-electron chi connectivity index (χ1n) is 7.40. The summed E-state index contributed by atoms with van der Waals surface area (Å²) in [7, 11) is 0. The van der Waals surface area contributed by atoms with Gasteiger partial charge in [-0.3, -0.25) is 9.59 Å². The lowest BCUT2D eigenvalue weighted by Crippen LogP contribution is -2.33. The van der Waals surface area contributed by atoms with Crippen molar-refractivity contribution in [3.63, 3.8) is 0 Å². The number of hydrogen-bond acceptors (Lipinski definition) is 2. The lowest BCUT2D eigenvalue weighted by Gasteiger charge is -2.14. The SMILES string of the molecule is CC(C)c1ccccc1NC(=O)CNC(=O)c1cccc(Br)c1. The summed E-state index contributed by atoms with van der Waals surface area (Å²) in [5.41, 5.74) is 2.36. The first-order chi connectivity index (χ1) is 11.0. The highest BCUT2D eigenvalue weighted by atomic mass is 79.9. The lowest BCUT2D eigenvalue weighted by molar-refractivity contribution is -0.115. The molecule has 4 nitrogen and oxygen atoms in total. The maximum absolute atomic E-state index is 12.1. The van der Waals surface area contributed by atoms with Gasteiger partial charge in [-0.15, -0.1) is 0 Å². The van der Waals surface area contributed by atoms with Crippen LogP contribution in [-0.4, -0.2) is 18.4 Å². The number of hydrogen-bond donors (Lipinski definition) is 2. The van der Waals surface area contributed by atoms with E-state index in [1.54, 1.807) is 18.2 Å². The van der Waals surface area contributed by atoms with Crippen molar-refractivity contribution in [1.82, 2.24) is 5.32 Å². The lowest BCUT2D eigenvalue weighted by atomic mass is 10.0. The van der Waals surface area contributed by atoms with E-state index in [0.717, 1.165) is 15.7 Å². The minimum Gasteiger partial charge on any atom is -0.343 e. The second-order valence-corrected chi connectivity index (χ2v) is 6.40. The second-order valence-electron chi connectivity index (χ2n) is 5.48. The number of benzene rings is 2. The summed E-state index contributed by atoms with van der Waals surface area (Å²) >= 11 is 3.32. The van der Waals surface area contributed by atoms with Crippen LogP contribution in [0, 0.1) is 0 Å². The van der Waals surface area contributed by atoms with Gasteiger partial charge >= 0.3 is 0 Å². The molecule has 2 aromatic rings. The van der Waals surface area contributed by atoms with Crippen molar-refractivity contribution in [2.45, 2.75) is 19.8 Å². The Kier molecular flexibility index (Phi) is 5.93. The van der Waals surface area contributed by atoms with Crippen LogP contribution in [0.4, 0.5) is 5.69 Å². The molecule has 2 amide bonds. The molecule has 0 unspecified atom stereocenters. The van der Waals surface area contributed by atoms with Crippen molar-refractivity contribution in [3.05, 3.63) is 64.1 Å². The summed E-state index contributed by atoms with van der Waals surface area (Å²) < 4.78 is 0.820. The van der Waals surface area contributed by atoms with Gasteiger partial charge in [0.2, 0.25) is 5.91 Å². The van der Waals surface area contributed by atoms with Crippen molar-refractivity contribution in [2.75, 3.05) is 11.9 Å². The van der Waals surface area contributed by atoms with E-state index in [1.165, 1.54) is 0 Å². The Bertz CT molecular complexity index is 714. The van der Waals surface area contributed by atoms with Crippen LogP contribution >= 0.6 is 15.9 Å². The van der Waals surface area contributed by atoms with Crippen LogP contribution in [0.15, 0.2) is 53.0 Å². The highest BCUT2D eigenvalue weighted by Gasteiger charge is 2.11. The maximum Gasteiger partial charge on any atom is 0.251 e. The molecule has 0 spiro atoms. The van der Waals surface area contributed by atoms with Gasteiger partial charge in [0.25, 0.3) is 5.91 Å². The molecule has 0 bridgehead atoms. The minimum absolute atomic E-state index is 0.0717. The predicted molar refractivity (Wildman–Crippen MR) is 95.6 cm³/mol. The molecule has 120 valence electrons. The third kappa shape index (κ3) is 4.93. The molecule has 2 rings (SSSR count). The van der Waals surface area contributed by atoms with E-state index in [9.17, 15) is 9.59 Å². The fraction of sp³-hybridized carbons (Fsp3) is 0.222. The Balaban J connectivity index is 1.94. The van der Waals surface area contributed by atoms with Gasteiger partial charge < -0.3 is 10.6 Å². The first kappa shape index (κ1) is 17.2. The molecule has 0 aliphatic heterocycles. The Morgan fingerprint density at radius 2 is 1.83 bits per heavy atom. The topological polar surface area (TPSA) is 58.2 Å². The van der Waals surface area contributed by atoms with E-state index >= 15 is 0 Å². The molecular weight excluding hydrogens is 356 g/mol. The molecule has 0 heterocycles. The average molecular weight is 375 g/mol. The van der Waals surface area contributed by atoms with Crippen molar-refractivity contribution in [1.29, 1.82) is 0 Å². The van der Waals surface area contributed by atoms with E-state index < -0.39 is 0 Å². The molecule has 0 atom stereocenters. The number of carbonyl (C=O) groups excluding carboxylic acids is 2. The van der Waals surface area contributed by atoms with Crippen LogP contribution in [0.1, 0.15) is 35.7 Å². The molecule has 5 heteroatoms. The molecule has 0 radical (unpaired) electrons. The summed E-state index contributed by atoms with van der Waals surface area (Å²) in [5.74, 6) is -0.220. The molecule has 2 N–H and O–H groups in total. The molecule has 0 saturated carbocycles. The quantitative estimate of drug-likeness (QED) is 0.832. The summed E-state index contributed by atoms with van der Waals surface area (Å²) in [4.78, 5) is 24.1. The van der Waals surface area contributed by atoms with Gasteiger partial charge in [-0.05, 0) is 35.7 Å². The normalized spacial score (nSPS) is 10.4. The zero-order chi connectivity index (χ0) is 16.8. The van der Waals surface area contributed by atoms with E-state index in [1.807, 2.05) is 30.3 Å². The monoisotopic (exact) mass is 374 g/mol. The van der Waals surface area contributed by atoms with Gasteiger partial charge in [0, 0.05) is 15.7 Å². The number of amides is 2. The smallest absolute Gasteiger partial charge is 0.251 e. The van der Waals surface area contributed by atoms with Crippen LogP contribution in [0.25, 0.3) is 0 Å². The van der Waals surface area contributed by atoms with Crippen LogP contribution in [0.5, 0.6) is 0 Å². The standard InChI is InChI=1S/C18H19BrN2O2/c1-12(2)15-8-3-4-9-16(15)21-17(22)11-20-18(23)13-6-5-7-14(19)10-13/h3-10,12H,11H2,1-2H3,(H,20,23)(H,21,22). The first-order valence-corrected chi connectivity index (χ1v) is 8.19. The number of nitrogens with one attached hydrogen (secondary N) is 2. The Hall–Kier alpha value is -2.14. The van der Waals surface area contributed by atoms with Crippen molar-refractivity contribution in [2.24, 2.45) is 0 Å². The van der Waals surface area contributed by atoms with E-state index in [0.29, 0.717) is 11.5 Å². The van der Waals surface area contributed by atoms with Crippen molar-refractivity contribution in [3.8, 4) is 0 Å². The van der Waals surface area contributed by atoms with Gasteiger partial charge in [0.15, 0.2) is 0 Å². The van der Waals surface area contributed by atoms with Gasteiger partial charge in [0.1, 0.15) is 0 Å². The Morgan fingerprint density at radius 3 is 2.52 bits per heavy atom. The van der Waals surface area contributed by atoms with Gasteiger partial charge in [0.05, 0.1) is 6.54 Å². The average Bonchev–Trinajstić information content (AvgIpc) is 2.53. The summed E-state index contributed by atoms with van der Waals surface area (Å²) in [6, 6.07) is 14.7. The fourth-order valence-electron chi connectivity index (χ4n) is 2.20. The Labute approximate surface area is 144 Å². The number of anilines is 1. The summed E-state index contributed by atoms with van der Waals surface area (Å²) in [6.45, 7) is 4.07. The summed E-state index contributed by atoms with van der Waals surface area (Å²) in [5, 5.41) is 5.47. The molecule has 0 fully saturated rings. The van der Waals surface area contributed by atoms with Crippen LogP contribution in [0.3, 0.4) is 0 Å². The van der Waals surface area contributed by atoms with E-state index in [2.05, 4.69) is 40.4 Å². The van der Waals surface area contributed by atoms with Gasteiger partial charge in [-0.2, -0.15) is 0 Å². The number of carbonyl (C=O) groups is 2. The number of para-hydroxylation sites is 1. The molecule has 0 saturated heterocycles. The van der Waals surface area contributed by atoms with Crippen LogP contribution in [0.2, 0.25) is 0 Å². The zero-order valence-corrected chi connectivity index (χ0v) is 14.7. The molecule has 0 aliphatic carbocycles. The largest absolute Gasteiger partial charge is 0.343 e. The third-order valence-corrected chi connectivity index (χ3v) is 3.85. The van der Waals surface area contributed by atoms with E-state index in [4.69, 9.17) is 0 Å². The molecule has 0 aliphatic rings. The molecule has 23 heavy (non-hydrogen) atoms. The Morgan fingerprint density at radius 1 is 1.09 bits per heavy atom. The highest BCUT2D eigenvalue weighted by Crippen LogP contribution is 2.23. The fourth-order valence-corrected chi connectivity index (χ4v) is 2.60. The molecule has 2 aromatic carbocycles. The summed E-state index contributed by atoms with van der Waals surface area (Å²) in [6.07, 6.45) is 0. The zero-order valence-electron chi connectivity index (χ0n) is 13.1. The maximum atomic E-state index is 12.1. The van der Waals surface area contributed by atoms with Crippen LogP contribution in [-0.2, 0) is 4.79 Å². The predicted octanol–water partition coefficient (Wildman–Crippen LogP) is 3.94. The molecular formula is C18H19BrN2O2. The van der Waals surface area contributed by atoms with Gasteiger partial charge in [-0.25, -0.2) is 0 Å². The minimum atomic E-state index is -0.279. The van der Waals surface area contributed by atoms with Crippen LogP contribution < -0.4 is 10.6 Å². The number of rotatable bonds is 5. The van der Waals surface area contributed by atoms with Crippen molar-refractivity contribution < 1.29 is 9.59 Å².